The largest absolute Gasteiger partial charge is 0.394 e. The van der Waals surface area contributed by atoms with E-state index in [0.717, 1.165) is 5.69 Å². The molecule has 2 N–H and O–H groups in total. The van der Waals surface area contributed by atoms with Gasteiger partial charge >= 0.3 is 0 Å². The fraction of sp³-hybridized carbons (Fsp3) is 0.600. The molecule has 1 aliphatic carbocycles. The molecule has 6 heteroatoms. The minimum Gasteiger partial charge on any atom is -0.394 e. The number of pyridine rings is 1. The van der Waals surface area contributed by atoms with Gasteiger partial charge in [0.1, 0.15) is 0 Å². The van der Waals surface area contributed by atoms with Crippen molar-refractivity contribution in [3.05, 3.63) is 29.6 Å². The van der Waals surface area contributed by atoms with E-state index in [0.29, 0.717) is 18.5 Å². The molecular formula is C15H20F2N2O2. The number of hydrogen-bond donors (Lipinski definition) is 2. The second-order valence-corrected chi connectivity index (χ2v) is 5.55. The molecule has 0 radical (unpaired) electrons. The third-order valence-corrected chi connectivity index (χ3v) is 3.84. The lowest BCUT2D eigenvalue weighted by Gasteiger charge is -2.28. The number of aliphatic hydroxyl groups excluding tert-OH is 1. The van der Waals surface area contributed by atoms with E-state index in [-0.39, 0.29) is 31.3 Å². The van der Waals surface area contributed by atoms with Crippen LogP contribution >= 0.6 is 0 Å². The Bertz CT molecular complexity index is 498. The highest BCUT2D eigenvalue weighted by Crippen LogP contribution is 2.40. The van der Waals surface area contributed by atoms with Crippen molar-refractivity contribution in [1.82, 2.24) is 10.3 Å². The SMILES string of the molecule is CC(=O)NC(CO)c1cccc(C2CCC(F)(F)CC2)n1. The van der Waals surface area contributed by atoms with Gasteiger partial charge in [0, 0.05) is 31.4 Å². The predicted octanol–water partition coefficient (Wildman–Crippen LogP) is 2.54. The summed E-state index contributed by atoms with van der Waals surface area (Å²) in [6, 6.07) is 4.76. The Balaban J connectivity index is 2.12. The van der Waals surface area contributed by atoms with Crippen LogP contribution in [-0.2, 0) is 4.79 Å². The average Bonchev–Trinajstić information content (AvgIpc) is 2.44. The van der Waals surface area contributed by atoms with Crippen molar-refractivity contribution in [1.29, 1.82) is 0 Å². The summed E-state index contributed by atoms with van der Waals surface area (Å²) >= 11 is 0. The van der Waals surface area contributed by atoms with Gasteiger partial charge in [0.2, 0.25) is 11.8 Å². The maximum absolute atomic E-state index is 13.2. The molecular weight excluding hydrogens is 278 g/mol. The van der Waals surface area contributed by atoms with Gasteiger partial charge in [-0.25, -0.2) is 8.78 Å². The van der Waals surface area contributed by atoms with Crippen LogP contribution in [-0.4, -0.2) is 28.5 Å². The average molecular weight is 298 g/mol. The van der Waals surface area contributed by atoms with Gasteiger partial charge in [-0.3, -0.25) is 9.78 Å². The lowest BCUT2D eigenvalue weighted by Crippen LogP contribution is -2.30. The molecule has 1 amide bonds. The van der Waals surface area contributed by atoms with Crippen LogP contribution in [0.3, 0.4) is 0 Å². The van der Waals surface area contributed by atoms with Crippen LogP contribution in [0.1, 0.15) is 56.0 Å². The Morgan fingerprint density at radius 2 is 2.14 bits per heavy atom. The predicted molar refractivity (Wildman–Crippen MR) is 74.0 cm³/mol. The quantitative estimate of drug-likeness (QED) is 0.898. The maximum atomic E-state index is 13.2. The first kappa shape index (κ1) is 15.8. The third kappa shape index (κ3) is 4.20. The fourth-order valence-electron chi connectivity index (χ4n) is 2.68. The molecule has 1 aromatic rings. The number of rotatable bonds is 4. The van der Waals surface area contributed by atoms with Crippen molar-refractivity contribution < 1.29 is 18.7 Å². The number of halogens is 2. The zero-order chi connectivity index (χ0) is 15.5. The molecule has 1 atom stereocenters. The number of carbonyl (C=O) groups is 1. The van der Waals surface area contributed by atoms with Crippen LogP contribution in [0.5, 0.6) is 0 Å². The summed E-state index contributed by atoms with van der Waals surface area (Å²) < 4.78 is 26.4. The van der Waals surface area contributed by atoms with Gasteiger partial charge < -0.3 is 10.4 Å². The van der Waals surface area contributed by atoms with Crippen molar-refractivity contribution >= 4 is 5.91 Å². The van der Waals surface area contributed by atoms with Crippen molar-refractivity contribution in [2.24, 2.45) is 0 Å². The minimum absolute atomic E-state index is 0.0150. The third-order valence-electron chi connectivity index (χ3n) is 3.84. The van der Waals surface area contributed by atoms with E-state index in [2.05, 4.69) is 10.3 Å². The molecule has 0 aliphatic heterocycles. The molecule has 0 saturated heterocycles. The van der Waals surface area contributed by atoms with E-state index in [1.807, 2.05) is 6.07 Å². The molecule has 1 unspecified atom stereocenters. The highest BCUT2D eigenvalue weighted by Gasteiger charge is 2.35. The Kier molecular flexibility index (Phi) is 4.88. The second-order valence-electron chi connectivity index (χ2n) is 5.55. The monoisotopic (exact) mass is 298 g/mol. The first-order valence-corrected chi connectivity index (χ1v) is 7.14. The Morgan fingerprint density at radius 1 is 1.48 bits per heavy atom. The highest BCUT2D eigenvalue weighted by atomic mass is 19.3. The fourth-order valence-corrected chi connectivity index (χ4v) is 2.68. The lowest BCUT2D eigenvalue weighted by atomic mass is 9.84. The smallest absolute Gasteiger partial charge is 0.248 e. The Hall–Kier alpha value is -1.56. The number of nitrogens with zero attached hydrogens (tertiary/aromatic N) is 1. The van der Waals surface area contributed by atoms with Crippen LogP contribution < -0.4 is 5.32 Å². The topological polar surface area (TPSA) is 62.2 Å². The summed E-state index contributed by atoms with van der Waals surface area (Å²) in [6.45, 7) is 1.12. The maximum Gasteiger partial charge on any atom is 0.248 e. The van der Waals surface area contributed by atoms with Crippen molar-refractivity contribution in [2.75, 3.05) is 6.61 Å². The summed E-state index contributed by atoms with van der Waals surface area (Å²) in [7, 11) is 0. The Labute approximate surface area is 122 Å². The first-order chi connectivity index (χ1) is 9.91. The van der Waals surface area contributed by atoms with Gasteiger partial charge in [0.15, 0.2) is 0 Å². The van der Waals surface area contributed by atoms with Crippen LogP contribution in [0.4, 0.5) is 8.78 Å². The summed E-state index contributed by atoms with van der Waals surface area (Å²) in [5.41, 5.74) is 1.31. The van der Waals surface area contributed by atoms with Crippen LogP contribution in [0.25, 0.3) is 0 Å². The van der Waals surface area contributed by atoms with Gasteiger partial charge in [-0.15, -0.1) is 0 Å². The Morgan fingerprint density at radius 3 is 2.71 bits per heavy atom. The molecule has 1 saturated carbocycles. The summed E-state index contributed by atoms with van der Waals surface area (Å²) in [5, 5.41) is 12.0. The number of alkyl halides is 2. The van der Waals surface area contributed by atoms with E-state index in [9.17, 15) is 18.7 Å². The molecule has 116 valence electrons. The number of amides is 1. The van der Waals surface area contributed by atoms with Crippen molar-refractivity contribution in [3.8, 4) is 0 Å². The minimum atomic E-state index is -2.56. The molecule has 0 aromatic carbocycles. The molecule has 21 heavy (non-hydrogen) atoms. The summed E-state index contributed by atoms with van der Waals surface area (Å²) in [4.78, 5) is 15.6. The van der Waals surface area contributed by atoms with Crippen molar-refractivity contribution in [3.63, 3.8) is 0 Å². The van der Waals surface area contributed by atoms with E-state index >= 15 is 0 Å². The van der Waals surface area contributed by atoms with Gasteiger partial charge in [0.25, 0.3) is 0 Å². The summed E-state index contributed by atoms with van der Waals surface area (Å²) in [5.74, 6) is -2.79. The van der Waals surface area contributed by atoms with Gasteiger partial charge in [-0.2, -0.15) is 0 Å². The normalized spacial score (nSPS) is 20.0. The van der Waals surface area contributed by atoms with Gasteiger partial charge in [-0.1, -0.05) is 6.07 Å². The van der Waals surface area contributed by atoms with Crippen LogP contribution in [0, 0.1) is 0 Å². The van der Waals surface area contributed by atoms with Crippen LogP contribution in [0.15, 0.2) is 18.2 Å². The molecule has 4 nitrogen and oxygen atoms in total. The van der Waals surface area contributed by atoms with Crippen LogP contribution in [0.2, 0.25) is 0 Å². The van der Waals surface area contributed by atoms with E-state index in [1.165, 1.54) is 6.92 Å². The molecule has 2 rings (SSSR count). The second kappa shape index (κ2) is 6.47. The molecule has 0 bridgehead atoms. The first-order valence-electron chi connectivity index (χ1n) is 7.14. The zero-order valence-electron chi connectivity index (χ0n) is 12.0. The molecule has 1 aliphatic rings. The van der Waals surface area contributed by atoms with Crippen molar-refractivity contribution in [2.45, 2.75) is 50.5 Å². The van der Waals surface area contributed by atoms with Gasteiger partial charge in [0.05, 0.1) is 18.3 Å². The number of carbonyl (C=O) groups excluding carboxylic acids is 1. The highest BCUT2D eigenvalue weighted by molar-refractivity contribution is 5.73. The standard InChI is InChI=1S/C15H20F2N2O2/c1-10(21)18-14(9-20)13-4-2-3-12(19-13)11-5-7-15(16,17)8-6-11/h2-4,11,14,20H,5-9H2,1H3,(H,18,21). The van der Waals surface area contributed by atoms with E-state index < -0.39 is 12.0 Å². The van der Waals surface area contributed by atoms with E-state index in [1.54, 1.807) is 12.1 Å². The summed E-state index contributed by atoms with van der Waals surface area (Å²) in [6.07, 6.45) is 0.595. The lowest BCUT2D eigenvalue weighted by molar-refractivity contribution is -0.120. The molecule has 0 spiro atoms. The number of nitrogens with one attached hydrogen (secondary N) is 1. The number of aromatic nitrogens is 1. The molecule has 1 fully saturated rings. The number of hydrogen-bond acceptors (Lipinski definition) is 3. The number of aliphatic hydroxyl groups is 1. The molecule has 1 heterocycles. The van der Waals surface area contributed by atoms with E-state index in [4.69, 9.17) is 0 Å². The molecule has 1 aromatic heterocycles. The van der Waals surface area contributed by atoms with Gasteiger partial charge in [-0.05, 0) is 25.0 Å². The zero-order valence-corrected chi connectivity index (χ0v) is 12.0.